The van der Waals surface area contributed by atoms with Gasteiger partial charge in [-0.2, -0.15) is 0 Å². The van der Waals surface area contributed by atoms with E-state index < -0.39 is 11.9 Å². The SMILES string of the molecule is CCc1ccc(C[C@@H](C[NH3+])C(=O)[O-])cc1. The van der Waals surface area contributed by atoms with Crippen LogP contribution in [0, 0.1) is 5.92 Å². The van der Waals surface area contributed by atoms with Gasteiger partial charge >= 0.3 is 0 Å². The van der Waals surface area contributed by atoms with Gasteiger partial charge in [0.05, 0.1) is 18.4 Å². The molecule has 0 spiro atoms. The van der Waals surface area contributed by atoms with Crippen LogP contribution in [-0.4, -0.2) is 12.5 Å². The molecule has 0 amide bonds. The third-order valence-electron chi connectivity index (χ3n) is 2.60. The molecule has 0 aliphatic carbocycles. The highest BCUT2D eigenvalue weighted by atomic mass is 16.4. The van der Waals surface area contributed by atoms with Crippen LogP contribution in [-0.2, 0) is 17.6 Å². The van der Waals surface area contributed by atoms with Crippen LogP contribution in [0.3, 0.4) is 0 Å². The van der Waals surface area contributed by atoms with Crippen LogP contribution in [0.25, 0.3) is 0 Å². The molecule has 15 heavy (non-hydrogen) atoms. The summed E-state index contributed by atoms with van der Waals surface area (Å²) in [6, 6.07) is 8.02. The number of aliphatic carboxylic acids is 1. The number of carbonyl (C=O) groups excluding carboxylic acids is 1. The molecule has 0 saturated carbocycles. The fourth-order valence-corrected chi connectivity index (χ4v) is 1.50. The number of carbonyl (C=O) groups is 1. The maximum absolute atomic E-state index is 10.7. The summed E-state index contributed by atoms with van der Waals surface area (Å²) >= 11 is 0. The normalized spacial score (nSPS) is 12.4. The smallest absolute Gasteiger partial charge is 0.0824 e. The Bertz CT molecular complexity index is 319. The Labute approximate surface area is 89.9 Å². The van der Waals surface area contributed by atoms with Crippen LogP contribution in [0.2, 0.25) is 0 Å². The van der Waals surface area contributed by atoms with Crippen molar-refractivity contribution >= 4 is 5.97 Å². The summed E-state index contributed by atoms with van der Waals surface area (Å²) in [6.07, 6.45) is 1.51. The topological polar surface area (TPSA) is 67.8 Å². The van der Waals surface area contributed by atoms with E-state index in [0.717, 1.165) is 12.0 Å². The Morgan fingerprint density at radius 3 is 2.27 bits per heavy atom. The summed E-state index contributed by atoms with van der Waals surface area (Å²) < 4.78 is 0. The standard InChI is InChI=1S/C12H17NO2/c1-2-9-3-5-10(6-4-9)7-11(8-13)12(14)15/h3-6,11H,2,7-8,13H2,1H3,(H,14,15)/t11-/m0/s1. The van der Waals surface area contributed by atoms with Crippen LogP contribution >= 0.6 is 0 Å². The lowest BCUT2D eigenvalue weighted by molar-refractivity contribution is -0.387. The van der Waals surface area contributed by atoms with E-state index in [1.807, 2.05) is 24.3 Å². The van der Waals surface area contributed by atoms with E-state index in [1.165, 1.54) is 5.56 Å². The fourth-order valence-electron chi connectivity index (χ4n) is 1.50. The van der Waals surface area contributed by atoms with Crippen molar-refractivity contribution in [1.29, 1.82) is 0 Å². The molecule has 0 aliphatic heterocycles. The second-order valence-electron chi connectivity index (χ2n) is 3.68. The van der Waals surface area contributed by atoms with Gasteiger partial charge in [0.25, 0.3) is 0 Å². The predicted octanol–water partition coefficient (Wildman–Crippen LogP) is -0.600. The summed E-state index contributed by atoms with van der Waals surface area (Å²) in [6.45, 7) is 2.47. The minimum atomic E-state index is -1.01. The average Bonchev–Trinajstić information content (AvgIpc) is 2.26. The van der Waals surface area contributed by atoms with E-state index in [4.69, 9.17) is 0 Å². The number of benzene rings is 1. The lowest BCUT2D eigenvalue weighted by Gasteiger charge is -2.13. The molecule has 0 heterocycles. The highest BCUT2D eigenvalue weighted by Gasteiger charge is 2.10. The number of hydrogen-bond donors (Lipinski definition) is 1. The molecule has 0 aromatic heterocycles. The molecule has 0 fully saturated rings. The molecular formula is C12H17NO2. The van der Waals surface area contributed by atoms with Gasteiger partial charge in [0, 0.05) is 0 Å². The van der Waals surface area contributed by atoms with Gasteiger partial charge < -0.3 is 15.6 Å². The number of carboxylic acids is 1. The second kappa shape index (κ2) is 5.51. The highest BCUT2D eigenvalue weighted by molar-refractivity contribution is 5.68. The number of aryl methyl sites for hydroxylation is 1. The van der Waals surface area contributed by atoms with Gasteiger partial charge in [0.15, 0.2) is 0 Å². The van der Waals surface area contributed by atoms with Crippen molar-refractivity contribution in [1.82, 2.24) is 0 Å². The molecule has 0 saturated heterocycles. The maximum atomic E-state index is 10.7. The first-order valence-corrected chi connectivity index (χ1v) is 5.25. The van der Waals surface area contributed by atoms with E-state index in [1.54, 1.807) is 0 Å². The van der Waals surface area contributed by atoms with E-state index >= 15 is 0 Å². The van der Waals surface area contributed by atoms with E-state index in [2.05, 4.69) is 12.7 Å². The quantitative estimate of drug-likeness (QED) is 0.700. The summed E-state index contributed by atoms with van der Waals surface area (Å²) in [5, 5.41) is 10.7. The number of rotatable bonds is 5. The third kappa shape index (κ3) is 3.36. The first-order valence-electron chi connectivity index (χ1n) is 5.25. The van der Waals surface area contributed by atoms with Gasteiger partial charge in [-0.3, -0.25) is 0 Å². The van der Waals surface area contributed by atoms with Crippen molar-refractivity contribution in [2.24, 2.45) is 5.92 Å². The molecule has 3 heteroatoms. The number of hydrogen-bond acceptors (Lipinski definition) is 2. The Morgan fingerprint density at radius 1 is 1.33 bits per heavy atom. The summed E-state index contributed by atoms with van der Waals surface area (Å²) in [7, 11) is 0. The minimum Gasteiger partial charge on any atom is -0.550 e. The van der Waals surface area contributed by atoms with Crippen molar-refractivity contribution in [2.45, 2.75) is 19.8 Å². The monoisotopic (exact) mass is 207 g/mol. The van der Waals surface area contributed by atoms with Crippen molar-refractivity contribution in [3.63, 3.8) is 0 Å². The van der Waals surface area contributed by atoms with Gasteiger partial charge in [0.1, 0.15) is 0 Å². The molecule has 3 nitrogen and oxygen atoms in total. The van der Waals surface area contributed by atoms with Crippen LogP contribution in [0.1, 0.15) is 18.1 Å². The molecule has 0 unspecified atom stereocenters. The predicted molar refractivity (Wildman–Crippen MR) is 55.8 cm³/mol. The van der Waals surface area contributed by atoms with Crippen molar-refractivity contribution in [2.75, 3.05) is 6.54 Å². The highest BCUT2D eigenvalue weighted by Crippen LogP contribution is 2.09. The van der Waals surface area contributed by atoms with Crippen LogP contribution in [0.4, 0.5) is 0 Å². The first-order chi connectivity index (χ1) is 7.17. The zero-order chi connectivity index (χ0) is 11.3. The molecule has 82 valence electrons. The third-order valence-corrected chi connectivity index (χ3v) is 2.60. The van der Waals surface area contributed by atoms with Gasteiger partial charge in [-0.15, -0.1) is 0 Å². The van der Waals surface area contributed by atoms with E-state index in [9.17, 15) is 9.90 Å². The van der Waals surface area contributed by atoms with E-state index in [-0.39, 0.29) is 0 Å². The van der Waals surface area contributed by atoms with Crippen molar-refractivity contribution in [3.05, 3.63) is 35.4 Å². The van der Waals surface area contributed by atoms with Gasteiger partial charge in [-0.1, -0.05) is 31.2 Å². The Hall–Kier alpha value is -1.35. The number of carboxylic acid groups (broad SMARTS) is 1. The van der Waals surface area contributed by atoms with Crippen LogP contribution in [0.5, 0.6) is 0 Å². The largest absolute Gasteiger partial charge is 0.550 e. The molecule has 1 aromatic rings. The average molecular weight is 207 g/mol. The first kappa shape index (κ1) is 11.7. The zero-order valence-electron chi connectivity index (χ0n) is 9.03. The van der Waals surface area contributed by atoms with Gasteiger partial charge in [0.2, 0.25) is 0 Å². The minimum absolute atomic E-state index is 0.373. The molecule has 3 N–H and O–H groups in total. The van der Waals surface area contributed by atoms with E-state index in [0.29, 0.717) is 13.0 Å². The fraction of sp³-hybridized carbons (Fsp3) is 0.417. The summed E-state index contributed by atoms with van der Waals surface area (Å²) in [5.74, 6) is -1.48. The molecule has 1 rings (SSSR count). The summed E-state index contributed by atoms with van der Waals surface area (Å²) in [5.41, 5.74) is 5.91. The molecule has 0 aliphatic rings. The van der Waals surface area contributed by atoms with Crippen molar-refractivity contribution < 1.29 is 15.6 Å². The lowest BCUT2D eigenvalue weighted by atomic mass is 9.98. The van der Waals surface area contributed by atoms with Gasteiger partial charge in [-0.05, 0) is 24.0 Å². The lowest BCUT2D eigenvalue weighted by Crippen LogP contribution is -2.57. The zero-order valence-corrected chi connectivity index (χ0v) is 9.03. The molecule has 0 radical (unpaired) electrons. The van der Waals surface area contributed by atoms with Gasteiger partial charge in [-0.25, -0.2) is 0 Å². The van der Waals surface area contributed by atoms with Crippen LogP contribution in [0.15, 0.2) is 24.3 Å². The Kier molecular flexibility index (Phi) is 4.31. The Balaban J connectivity index is 2.67. The second-order valence-corrected chi connectivity index (χ2v) is 3.68. The number of quaternary nitrogens is 1. The Morgan fingerprint density at radius 2 is 1.87 bits per heavy atom. The molecule has 0 bridgehead atoms. The summed E-state index contributed by atoms with van der Waals surface area (Å²) in [4.78, 5) is 10.7. The molecule has 1 atom stereocenters. The maximum Gasteiger partial charge on any atom is 0.0824 e. The van der Waals surface area contributed by atoms with Crippen LogP contribution < -0.4 is 10.8 Å². The van der Waals surface area contributed by atoms with Crippen molar-refractivity contribution in [3.8, 4) is 0 Å². The molecule has 1 aromatic carbocycles. The molecular weight excluding hydrogens is 190 g/mol.